The van der Waals surface area contributed by atoms with Crippen molar-refractivity contribution in [3.05, 3.63) is 27.7 Å². The number of aryl methyl sites for hydroxylation is 1. The molecule has 15 heavy (non-hydrogen) atoms. The van der Waals surface area contributed by atoms with Crippen LogP contribution in [0.1, 0.15) is 37.4 Å². The number of rotatable bonds is 5. The van der Waals surface area contributed by atoms with Gasteiger partial charge in [-0.25, -0.2) is 4.98 Å². The van der Waals surface area contributed by atoms with Gasteiger partial charge in [0.05, 0.1) is 6.42 Å². The lowest BCUT2D eigenvalue weighted by Crippen LogP contribution is -1.99. The van der Waals surface area contributed by atoms with Crippen molar-refractivity contribution in [2.75, 3.05) is 0 Å². The molecule has 0 spiro atoms. The average molecular weight is 223 g/mol. The molecule has 1 aromatic heterocycles. The molecule has 0 bridgehead atoms. The Morgan fingerprint density at radius 3 is 2.60 bits per heavy atom. The standard InChI is InChI=1S/C12H17NOS/c1-4-10(5-2)6-11(14)7-12-13-9(3)8-15-12/h6,8H,4-5,7H2,1-3H3. The van der Waals surface area contributed by atoms with Gasteiger partial charge in [-0.15, -0.1) is 11.3 Å². The molecule has 0 atom stereocenters. The van der Waals surface area contributed by atoms with Crippen LogP contribution in [0.25, 0.3) is 0 Å². The number of thiazole rings is 1. The van der Waals surface area contributed by atoms with Gasteiger partial charge in [0.15, 0.2) is 5.78 Å². The molecule has 0 saturated carbocycles. The number of carbonyl (C=O) groups is 1. The molecule has 0 radical (unpaired) electrons. The third kappa shape index (κ3) is 3.96. The first kappa shape index (κ1) is 12.1. The quantitative estimate of drug-likeness (QED) is 0.717. The van der Waals surface area contributed by atoms with Crippen LogP contribution in [0, 0.1) is 6.92 Å². The fourth-order valence-electron chi connectivity index (χ4n) is 1.37. The SMILES string of the molecule is CCC(=CC(=O)Cc1nc(C)cs1)CC. The van der Waals surface area contributed by atoms with Gasteiger partial charge in [0.2, 0.25) is 0 Å². The summed E-state index contributed by atoms with van der Waals surface area (Å²) < 4.78 is 0. The summed E-state index contributed by atoms with van der Waals surface area (Å²) in [4.78, 5) is 15.9. The van der Waals surface area contributed by atoms with E-state index in [9.17, 15) is 4.79 Å². The van der Waals surface area contributed by atoms with Crippen LogP contribution < -0.4 is 0 Å². The number of hydrogen-bond acceptors (Lipinski definition) is 3. The summed E-state index contributed by atoms with van der Waals surface area (Å²) in [6, 6.07) is 0. The Kier molecular flexibility index (Phi) is 4.69. The van der Waals surface area contributed by atoms with Gasteiger partial charge in [0, 0.05) is 11.1 Å². The molecular formula is C12H17NOS. The first-order chi connectivity index (χ1) is 7.15. The minimum Gasteiger partial charge on any atom is -0.294 e. The van der Waals surface area contributed by atoms with Crippen LogP contribution in [-0.2, 0) is 11.2 Å². The highest BCUT2D eigenvalue weighted by atomic mass is 32.1. The largest absolute Gasteiger partial charge is 0.294 e. The molecule has 1 heterocycles. The minimum absolute atomic E-state index is 0.169. The van der Waals surface area contributed by atoms with Crippen LogP contribution in [0.4, 0.5) is 0 Å². The van der Waals surface area contributed by atoms with Gasteiger partial charge in [-0.1, -0.05) is 19.4 Å². The van der Waals surface area contributed by atoms with Crippen LogP contribution in [-0.4, -0.2) is 10.8 Å². The summed E-state index contributed by atoms with van der Waals surface area (Å²) in [5.41, 5.74) is 2.21. The van der Waals surface area contributed by atoms with Crippen molar-refractivity contribution >= 4 is 17.1 Å². The van der Waals surface area contributed by atoms with E-state index in [0.29, 0.717) is 6.42 Å². The highest BCUT2D eigenvalue weighted by molar-refractivity contribution is 7.09. The molecule has 0 fully saturated rings. The molecule has 0 N–H and O–H groups in total. The summed E-state index contributed by atoms with van der Waals surface area (Å²) >= 11 is 1.56. The van der Waals surface area contributed by atoms with Crippen LogP contribution in [0.2, 0.25) is 0 Å². The molecule has 0 saturated heterocycles. The topological polar surface area (TPSA) is 30.0 Å². The number of nitrogens with zero attached hydrogens (tertiary/aromatic N) is 1. The summed E-state index contributed by atoms with van der Waals surface area (Å²) in [6.07, 6.45) is 4.14. The summed E-state index contributed by atoms with van der Waals surface area (Å²) in [5.74, 6) is 0.169. The first-order valence-corrected chi connectivity index (χ1v) is 6.17. The van der Waals surface area contributed by atoms with Crippen molar-refractivity contribution in [1.82, 2.24) is 4.98 Å². The molecule has 0 amide bonds. The lowest BCUT2D eigenvalue weighted by Gasteiger charge is -1.98. The third-order valence-electron chi connectivity index (χ3n) is 2.27. The smallest absolute Gasteiger partial charge is 0.162 e. The van der Waals surface area contributed by atoms with E-state index in [1.165, 1.54) is 5.57 Å². The maximum absolute atomic E-state index is 11.6. The Morgan fingerprint density at radius 2 is 2.13 bits per heavy atom. The normalized spacial score (nSPS) is 10.1. The van der Waals surface area contributed by atoms with E-state index in [2.05, 4.69) is 18.8 Å². The zero-order valence-electron chi connectivity index (χ0n) is 9.54. The molecule has 0 aromatic carbocycles. The van der Waals surface area contributed by atoms with Gasteiger partial charge in [-0.3, -0.25) is 4.79 Å². The van der Waals surface area contributed by atoms with Crippen molar-refractivity contribution in [3.8, 4) is 0 Å². The van der Waals surface area contributed by atoms with E-state index in [1.54, 1.807) is 17.4 Å². The van der Waals surface area contributed by atoms with Gasteiger partial charge >= 0.3 is 0 Å². The number of hydrogen-bond donors (Lipinski definition) is 0. The number of carbonyl (C=O) groups excluding carboxylic acids is 1. The Bertz CT molecular complexity index is 359. The van der Waals surface area contributed by atoms with Gasteiger partial charge < -0.3 is 0 Å². The van der Waals surface area contributed by atoms with E-state index >= 15 is 0 Å². The van der Waals surface area contributed by atoms with Gasteiger partial charge in [0.1, 0.15) is 5.01 Å². The highest BCUT2D eigenvalue weighted by Crippen LogP contribution is 2.11. The molecule has 82 valence electrons. The molecule has 0 aliphatic carbocycles. The zero-order valence-corrected chi connectivity index (χ0v) is 10.4. The predicted molar refractivity (Wildman–Crippen MR) is 64.2 cm³/mol. The molecule has 0 unspecified atom stereocenters. The molecule has 2 nitrogen and oxygen atoms in total. The molecule has 0 aliphatic heterocycles. The second kappa shape index (κ2) is 5.81. The van der Waals surface area contributed by atoms with Gasteiger partial charge in [0.25, 0.3) is 0 Å². The Labute approximate surface area is 95.0 Å². The zero-order chi connectivity index (χ0) is 11.3. The van der Waals surface area contributed by atoms with Crippen molar-refractivity contribution in [3.63, 3.8) is 0 Å². The predicted octanol–water partition coefficient (Wildman–Crippen LogP) is 3.31. The van der Waals surface area contributed by atoms with E-state index in [0.717, 1.165) is 23.5 Å². The number of ketones is 1. The van der Waals surface area contributed by atoms with E-state index in [1.807, 2.05) is 12.3 Å². The summed E-state index contributed by atoms with van der Waals surface area (Å²) in [7, 11) is 0. The third-order valence-corrected chi connectivity index (χ3v) is 3.23. The number of aromatic nitrogens is 1. The lowest BCUT2D eigenvalue weighted by atomic mass is 10.1. The molecule has 0 aliphatic rings. The fourth-order valence-corrected chi connectivity index (χ4v) is 2.15. The highest BCUT2D eigenvalue weighted by Gasteiger charge is 2.05. The molecular weight excluding hydrogens is 206 g/mol. The Balaban J connectivity index is 2.60. The second-order valence-corrected chi connectivity index (χ2v) is 4.48. The Hall–Kier alpha value is -0.960. The van der Waals surface area contributed by atoms with E-state index < -0.39 is 0 Å². The summed E-state index contributed by atoms with van der Waals surface area (Å²) in [6.45, 7) is 6.11. The van der Waals surface area contributed by atoms with Crippen molar-refractivity contribution < 1.29 is 4.79 Å². The maximum Gasteiger partial charge on any atom is 0.162 e. The number of allylic oxidation sites excluding steroid dienone is 2. The van der Waals surface area contributed by atoms with E-state index in [4.69, 9.17) is 0 Å². The second-order valence-electron chi connectivity index (χ2n) is 3.54. The molecule has 3 heteroatoms. The molecule has 1 aromatic rings. The van der Waals surface area contributed by atoms with Gasteiger partial charge in [-0.2, -0.15) is 0 Å². The van der Waals surface area contributed by atoms with Crippen molar-refractivity contribution in [2.45, 2.75) is 40.0 Å². The minimum atomic E-state index is 0.169. The monoisotopic (exact) mass is 223 g/mol. The maximum atomic E-state index is 11.6. The average Bonchev–Trinajstić information content (AvgIpc) is 2.60. The van der Waals surface area contributed by atoms with Crippen molar-refractivity contribution in [2.24, 2.45) is 0 Å². The lowest BCUT2D eigenvalue weighted by molar-refractivity contribution is -0.114. The first-order valence-electron chi connectivity index (χ1n) is 5.29. The van der Waals surface area contributed by atoms with Crippen LogP contribution >= 0.6 is 11.3 Å². The Morgan fingerprint density at radius 1 is 1.47 bits per heavy atom. The van der Waals surface area contributed by atoms with Gasteiger partial charge in [-0.05, 0) is 25.8 Å². The van der Waals surface area contributed by atoms with Crippen molar-refractivity contribution in [1.29, 1.82) is 0 Å². The van der Waals surface area contributed by atoms with E-state index in [-0.39, 0.29) is 5.78 Å². The summed E-state index contributed by atoms with van der Waals surface area (Å²) in [5, 5.41) is 2.90. The molecule has 1 rings (SSSR count). The van der Waals surface area contributed by atoms with Crippen LogP contribution in [0.15, 0.2) is 17.0 Å². The van der Waals surface area contributed by atoms with Crippen LogP contribution in [0.3, 0.4) is 0 Å². The fraction of sp³-hybridized carbons (Fsp3) is 0.500. The van der Waals surface area contributed by atoms with Crippen LogP contribution in [0.5, 0.6) is 0 Å².